The van der Waals surface area contributed by atoms with E-state index in [4.69, 9.17) is 4.74 Å². The zero-order valence-corrected chi connectivity index (χ0v) is 12.8. The first-order valence-corrected chi connectivity index (χ1v) is 8.44. The van der Waals surface area contributed by atoms with Crippen molar-refractivity contribution < 1.29 is 4.74 Å². The normalized spacial score (nSPS) is 21.3. The molecule has 0 amide bonds. The second-order valence-corrected chi connectivity index (χ2v) is 6.33. The van der Waals surface area contributed by atoms with Crippen LogP contribution in [0.3, 0.4) is 0 Å². The molecule has 2 unspecified atom stereocenters. The molecule has 0 aromatic heterocycles. The maximum Gasteiger partial charge on any atom is 0.0821 e. The van der Waals surface area contributed by atoms with E-state index in [1.54, 1.807) is 0 Å². The van der Waals surface area contributed by atoms with E-state index in [0.29, 0.717) is 12.1 Å². The van der Waals surface area contributed by atoms with Crippen molar-refractivity contribution in [1.82, 2.24) is 5.32 Å². The molecule has 1 saturated heterocycles. The van der Waals surface area contributed by atoms with E-state index in [2.05, 4.69) is 43.4 Å². The summed E-state index contributed by atoms with van der Waals surface area (Å²) in [7, 11) is 0. The van der Waals surface area contributed by atoms with Gasteiger partial charge >= 0.3 is 0 Å². The highest BCUT2D eigenvalue weighted by Crippen LogP contribution is 2.19. The summed E-state index contributed by atoms with van der Waals surface area (Å²) >= 11 is 2.01. The molecule has 1 aliphatic rings. The van der Waals surface area contributed by atoms with Gasteiger partial charge in [-0.15, -0.1) is 0 Å². The van der Waals surface area contributed by atoms with Crippen LogP contribution in [-0.2, 0) is 11.2 Å². The van der Waals surface area contributed by atoms with Gasteiger partial charge in [0.05, 0.1) is 12.7 Å². The lowest BCUT2D eigenvalue weighted by molar-refractivity contribution is 0.0471. The molecule has 1 fully saturated rings. The summed E-state index contributed by atoms with van der Waals surface area (Å²) in [5, 5.41) is 3.68. The van der Waals surface area contributed by atoms with Crippen LogP contribution in [0, 0.1) is 6.92 Å². The molecule has 19 heavy (non-hydrogen) atoms. The van der Waals surface area contributed by atoms with Crippen molar-refractivity contribution >= 4 is 11.8 Å². The maximum absolute atomic E-state index is 5.97. The number of nitrogens with one attached hydrogen (secondary N) is 1. The number of rotatable bonds is 6. The Morgan fingerprint density at radius 2 is 2.26 bits per heavy atom. The summed E-state index contributed by atoms with van der Waals surface area (Å²) in [6.07, 6.45) is 2.59. The summed E-state index contributed by atoms with van der Waals surface area (Å²) in [4.78, 5) is 0. The highest BCUT2D eigenvalue weighted by Gasteiger charge is 2.24. The second kappa shape index (κ2) is 7.93. The molecule has 1 N–H and O–H groups in total. The number of aryl methyl sites for hydroxylation is 1. The highest BCUT2D eigenvalue weighted by atomic mass is 32.2. The van der Waals surface area contributed by atoms with Gasteiger partial charge in [0.2, 0.25) is 0 Å². The molecule has 1 aromatic carbocycles. The van der Waals surface area contributed by atoms with Crippen molar-refractivity contribution in [3.05, 3.63) is 35.4 Å². The van der Waals surface area contributed by atoms with Gasteiger partial charge in [-0.25, -0.2) is 0 Å². The summed E-state index contributed by atoms with van der Waals surface area (Å²) in [5.74, 6) is 2.26. The summed E-state index contributed by atoms with van der Waals surface area (Å²) in [5.41, 5.74) is 2.82. The SMILES string of the molecule is CCCNC(Cc1ccccc1C)C1CSCCO1. The molecule has 1 aliphatic heterocycles. The highest BCUT2D eigenvalue weighted by molar-refractivity contribution is 7.99. The van der Waals surface area contributed by atoms with Gasteiger partial charge in [-0.1, -0.05) is 31.2 Å². The fourth-order valence-electron chi connectivity index (χ4n) is 2.48. The fraction of sp³-hybridized carbons (Fsp3) is 0.625. The lowest BCUT2D eigenvalue weighted by Gasteiger charge is -2.31. The van der Waals surface area contributed by atoms with E-state index in [1.807, 2.05) is 11.8 Å². The molecule has 106 valence electrons. The van der Waals surface area contributed by atoms with E-state index in [9.17, 15) is 0 Å². The molecule has 1 aromatic rings. The number of hydrogen-bond acceptors (Lipinski definition) is 3. The van der Waals surface area contributed by atoms with Crippen LogP contribution in [0.5, 0.6) is 0 Å². The fourth-order valence-corrected chi connectivity index (χ4v) is 3.42. The maximum atomic E-state index is 5.97. The van der Waals surface area contributed by atoms with Gasteiger partial charge in [-0.2, -0.15) is 11.8 Å². The van der Waals surface area contributed by atoms with Crippen LogP contribution < -0.4 is 5.32 Å². The molecule has 2 atom stereocenters. The van der Waals surface area contributed by atoms with E-state index in [1.165, 1.54) is 17.5 Å². The van der Waals surface area contributed by atoms with Crippen molar-refractivity contribution in [1.29, 1.82) is 0 Å². The summed E-state index contributed by atoms with van der Waals surface area (Å²) < 4.78 is 5.97. The van der Waals surface area contributed by atoms with Gasteiger partial charge in [0, 0.05) is 17.5 Å². The Bertz CT molecular complexity index is 377. The Balaban J connectivity index is 2.02. The zero-order valence-electron chi connectivity index (χ0n) is 12.0. The van der Waals surface area contributed by atoms with Gasteiger partial charge in [-0.05, 0) is 37.4 Å². The number of benzene rings is 1. The lowest BCUT2D eigenvalue weighted by atomic mass is 9.98. The average molecular weight is 279 g/mol. The van der Waals surface area contributed by atoms with E-state index in [-0.39, 0.29) is 0 Å². The summed E-state index contributed by atoms with van der Waals surface area (Å²) in [6.45, 7) is 6.38. The van der Waals surface area contributed by atoms with Crippen LogP contribution in [0.1, 0.15) is 24.5 Å². The second-order valence-electron chi connectivity index (χ2n) is 5.18. The van der Waals surface area contributed by atoms with Crippen molar-refractivity contribution in [3.63, 3.8) is 0 Å². The largest absolute Gasteiger partial charge is 0.375 e. The molecule has 3 heteroatoms. The standard InChI is InChI=1S/C16H25NOS/c1-3-8-17-15(16-12-19-10-9-18-16)11-14-7-5-4-6-13(14)2/h4-7,15-17H,3,8-12H2,1-2H3. The summed E-state index contributed by atoms with van der Waals surface area (Å²) in [6, 6.07) is 9.12. The molecule has 0 bridgehead atoms. The molecular weight excluding hydrogens is 254 g/mol. The molecule has 1 heterocycles. The van der Waals surface area contributed by atoms with Gasteiger partial charge in [0.1, 0.15) is 0 Å². The Hall–Kier alpha value is -0.510. The Morgan fingerprint density at radius 3 is 2.95 bits per heavy atom. The zero-order chi connectivity index (χ0) is 13.5. The molecular formula is C16H25NOS. The third-order valence-electron chi connectivity index (χ3n) is 3.65. The van der Waals surface area contributed by atoms with Gasteiger partial charge < -0.3 is 10.1 Å². The van der Waals surface area contributed by atoms with Gasteiger partial charge in [0.15, 0.2) is 0 Å². The van der Waals surface area contributed by atoms with Crippen molar-refractivity contribution in [2.45, 2.75) is 38.8 Å². The van der Waals surface area contributed by atoms with Crippen LogP contribution in [0.25, 0.3) is 0 Å². The molecule has 0 saturated carbocycles. The average Bonchev–Trinajstić information content (AvgIpc) is 2.46. The first kappa shape index (κ1) is 14.9. The Morgan fingerprint density at radius 1 is 1.42 bits per heavy atom. The molecule has 0 spiro atoms. The van der Waals surface area contributed by atoms with Crippen molar-refractivity contribution in [2.24, 2.45) is 0 Å². The topological polar surface area (TPSA) is 21.3 Å². The smallest absolute Gasteiger partial charge is 0.0821 e. The monoisotopic (exact) mass is 279 g/mol. The minimum absolute atomic E-state index is 0.352. The van der Waals surface area contributed by atoms with Crippen molar-refractivity contribution in [2.75, 3.05) is 24.7 Å². The first-order valence-electron chi connectivity index (χ1n) is 7.28. The number of hydrogen-bond donors (Lipinski definition) is 1. The number of ether oxygens (including phenoxy) is 1. The number of thioether (sulfide) groups is 1. The minimum Gasteiger partial charge on any atom is -0.375 e. The van der Waals surface area contributed by atoms with Crippen molar-refractivity contribution in [3.8, 4) is 0 Å². The van der Waals surface area contributed by atoms with Crippen LogP contribution in [0.15, 0.2) is 24.3 Å². The quantitative estimate of drug-likeness (QED) is 0.865. The third kappa shape index (κ3) is 4.51. The first-order chi connectivity index (χ1) is 9.31. The molecule has 2 rings (SSSR count). The third-order valence-corrected chi connectivity index (χ3v) is 4.67. The molecule has 0 aliphatic carbocycles. The molecule has 0 radical (unpaired) electrons. The van der Waals surface area contributed by atoms with Crippen LogP contribution in [0.2, 0.25) is 0 Å². The minimum atomic E-state index is 0.352. The van der Waals surface area contributed by atoms with Crippen LogP contribution in [-0.4, -0.2) is 36.8 Å². The Kier molecular flexibility index (Phi) is 6.21. The van der Waals surface area contributed by atoms with Crippen LogP contribution >= 0.6 is 11.8 Å². The predicted molar refractivity (Wildman–Crippen MR) is 84.0 cm³/mol. The Labute approximate surface area is 121 Å². The van der Waals surface area contributed by atoms with E-state index >= 15 is 0 Å². The van der Waals surface area contributed by atoms with E-state index < -0.39 is 0 Å². The van der Waals surface area contributed by atoms with E-state index in [0.717, 1.165) is 31.1 Å². The predicted octanol–water partition coefficient (Wildman–Crippen LogP) is 3.04. The van der Waals surface area contributed by atoms with Gasteiger partial charge in [-0.3, -0.25) is 0 Å². The van der Waals surface area contributed by atoms with Crippen LogP contribution in [0.4, 0.5) is 0 Å². The van der Waals surface area contributed by atoms with Gasteiger partial charge in [0.25, 0.3) is 0 Å². The lowest BCUT2D eigenvalue weighted by Crippen LogP contribution is -2.46. The molecule has 2 nitrogen and oxygen atoms in total.